The van der Waals surface area contributed by atoms with E-state index in [-0.39, 0.29) is 12.2 Å². The second-order valence-electron chi connectivity index (χ2n) is 6.88. The quantitative estimate of drug-likeness (QED) is 0.322. The van der Waals surface area contributed by atoms with Crippen molar-refractivity contribution in [1.29, 1.82) is 0 Å². The highest BCUT2D eigenvalue weighted by atomic mass is 16.5. The van der Waals surface area contributed by atoms with Gasteiger partial charge in [-0.05, 0) is 43.4 Å². The van der Waals surface area contributed by atoms with Crippen LogP contribution in [0.3, 0.4) is 0 Å². The van der Waals surface area contributed by atoms with Crippen molar-refractivity contribution in [2.45, 2.75) is 34.1 Å². The van der Waals surface area contributed by atoms with Crippen molar-refractivity contribution in [3.63, 3.8) is 0 Å². The van der Waals surface area contributed by atoms with Gasteiger partial charge < -0.3 is 18.8 Å². The molecule has 0 amide bonds. The van der Waals surface area contributed by atoms with Crippen LogP contribution in [0.1, 0.15) is 49.4 Å². The number of ketones is 1. The van der Waals surface area contributed by atoms with Gasteiger partial charge in [-0.2, -0.15) is 0 Å². The maximum absolute atomic E-state index is 13.2. The standard InChI is InChI=1S/C24H27NO5.C2H6/c1-4-25(5-2)14-15-29-18-12-10-17(11-13-18)24(27)23-19-8-6-7-9-20(19)30-21(23)16-22(26)28-3;1-2/h6-13H,4-5,14-16H2,1-3H3;1-2H3. The van der Waals surface area contributed by atoms with E-state index in [1.165, 1.54) is 7.11 Å². The molecule has 1 heterocycles. The summed E-state index contributed by atoms with van der Waals surface area (Å²) in [5.74, 6) is 0.367. The molecule has 0 saturated heterocycles. The molecule has 0 bridgehead atoms. The molecule has 0 spiro atoms. The molecular formula is C26H33NO5. The predicted octanol–water partition coefficient (Wildman–Crippen LogP) is 5.13. The maximum Gasteiger partial charge on any atom is 0.313 e. The molecule has 32 heavy (non-hydrogen) atoms. The van der Waals surface area contributed by atoms with Gasteiger partial charge in [0.05, 0.1) is 12.7 Å². The number of furan rings is 1. The minimum absolute atomic E-state index is 0.0984. The van der Waals surface area contributed by atoms with Gasteiger partial charge in [0.1, 0.15) is 30.1 Å². The number of ether oxygens (including phenoxy) is 2. The average molecular weight is 440 g/mol. The minimum atomic E-state index is -0.458. The van der Waals surface area contributed by atoms with Gasteiger partial charge in [0.15, 0.2) is 5.78 Å². The lowest BCUT2D eigenvalue weighted by Crippen LogP contribution is -2.27. The Labute approximate surface area is 190 Å². The molecular weight excluding hydrogens is 406 g/mol. The lowest BCUT2D eigenvalue weighted by molar-refractivity contribution is -0.140. The summed E-state index contributed by atoms with van der Waals surface area (Å²) in [6.07, 6.45) is -0.0984. The Morgan fingerprint density at radius 1 is 0.969 bits per heavy atom. The van der Waals surface area contributed by atoms with Gasteiger partial charge in [0.25, 0.3) is 0 Å². The van der Waals surface area contributed by atoms with Crippen LogP contribution in [0.15, 0.2) is 52.9 Å². The fraction of sp³-hybridized carbons (Fsp3) is 0.385. The fourth-order valence-corrected chi connectivity index (χ4v) is 3.35. The number of carbonyl (C=O) groups is 2. The Kier molecular flexibility index (Phi) is 9.95. The first-order valence-electron chi connectivity index (χ1n) is 11.1. The number of para-hydroxylation sites is 1. The minimum Gasteiger partial charge on any atom is -0.492 e. The zero-order chi connectivity index (χ0) is 23.5. The molecule has 0 aliphatic carbocycles. The maximum atomic E-state index is 13.2. The molecule has 0 saturated carbocycles. The summed E-state index contributed by atoms with van der Waals surface area (Å²) in [7, 11) is 1.31. The number of esters is 1. The fourth-order valence-electron chi connectivity index (χ4n) is 3.35. The van der Waals surface area contributed by atoms with E-state index >= 15 is 0 Å². The Morgan fingerprint density at radius 3 is 2.25 bits per heavy atom. The molecule has 3 aromatic rings. The summed E-state index contributed by atoms with van der Waals surface area (Å²) in [5.41, 5.74) is 1.46. The van der Waals surface area contributed by atoms with E-state index in [1.807, 2.05) is 32.0 Å². The number of nitrogens with zero attached hydrogens (tertiary/aromatic N) is 1. The zero-order valence-corrected chi connectivity index (χ0v) is 19.6. The molecule has 0 aliphatic rings. The first kappa shape index (κ1) is 25.1. The first-order valence-corrected chi connectivity index (χ1v) is 11.1. The van der Waals surface area contributed by atoms with Crippen molar-refractivity contribution >= 4 is 22.7 Å². The third kappa shape index (κ3) is 6.20. The van der Waals surface area contributed by atoms with Crippen LogP contribution in [0, 0.1) is 0 Å². The van der Waals surface area contributed by atoms with Crippen LogP contribution >= 0.6 is 0 Å². The summed E-state index contributed by atoms with van der Waals surface area (Å²) < 4.78 is 16.3. The molecule has 0 radical (unpaired) electrons. The van der Waals surface area contributed by atoms with Crippen LogP contribution in [0.5, 0.6) is 5.75 Å². The molecule has 6 nitrogen and oxygen atoms in total. The average Bonchev–Trinajstić information content (AvgIpc) is 3.20. The van der Waals surface area contributed by atoms with Crippen molar-refractivity contribution in [2.75, 3.05) is 33.4 Å². The van der Waals surface area contributed by atoms with Crippen molar-refractivity contribution in [3.05, 3.63) is 65.4 Å². The second-order valence-corrected chi connectivity index (χ2v) is 6.88. The number of fused-ring (bicyclic) bond motifs is 1. The van der Waals surface area contributed by atoms with E-state index < -0.39 is 5.97 Å². The van der Waals surface area contributed by atoms with E-state index in [9.17, 15) is 9.59 Å². The number of hydrogen-bond donors (Lipinski definition) is 0. The van der Waals surface area contributed by atoms with Crippen LogP contribution in [0.4, 0.5) is 0 Å². The zero-order valence-electron chi connectivity index (χ0n) is 19.6. The normalized spacial score (nSPS) is 10.6. The Hall–Kier alpha value is -3.12. The SMILES string of the molecule is CC.CCN(CC)CCOc1ccc(C(=O)c2c(CC(=O)OC)oc3ccccc23)cc1. The summed E-state index contributed by atoms with van der Waals surface area (Å²) in [4.78, 5) is 27.3. The highest BCUT2D eigenvalue weighted by Gasteiger charge is 2.23. The predicted molar refractivity (Wildman–Crippen MR) is 126 cm³/mol. The van der Waals surface area contributed by atoms with Crippen LogP contribution in [0.2, 0.25) is 0 Å². The number of methoxy groups -OCH3 is 1. The largest absolute Gasteiger partial charge is 0.492 e. The third-order valence-corrected chi connectivity index (χ3v) is 5.12. The van der Waals surface area contributed by atoms with Gasteiger partial charge >= 0.3 is 5.97 Å². The Balaban J connectivity index is 0.00000176. The number of carbonyl (C=O) groups excluding carboxylic acids is 2. The summed E-state index contributed by atoms with van der Waals surface area (Å²) >= 11 is 0. The molecule has 0 unspecified atom stereocenters. The number of benzene rings is 2. The molecule has 0 N–H and O–H groups in total. The number of rotatable bonds is 10. The molecule has 1 aromatic heterocycles. The third-order valence-electron chi connectivity index (χ3n) is 5.12. The lowest BCUT2D eigenvalue weighted by atomic mass is 9.99. The van der Waals surface area contributed by atoms with E-state index in [4.69, 9.17) is 13.9 Å². The van der Waals surface area contributed by atoms with Gasteiger partial charge in [0, 0.05) is 17.5 Å². The van der Waals surface area contributed by atoms with Gasteiger partial charge in [-0.3, -0.25) is 9.59 Å². The lowest BCUT2D eigenvalue weighted by Gasteiger charge is -2.18. The molecule has 2 aromatic carbocycles. The molecule has 3 rings (SSSR count). The number of likely N-dealkylation sites (N-methyl/N-ethyl adjacent to an activating group) is 1. The van der Waals surface area contributed by atoms with Crippen molar-refractivity contribution in [2.24, 2.45) is 0 Å². The second kappa shape index (κ2) is 12.7. The highest BCUT2D eigenvalue weighted by Crippen LogP contribution is 2.29. The summed E-state index contributed by atoms with van der Waals surface area (Å²) in [6.45, 7) is 11.7. The number of hydrogen-bond acceptors (Lipinski definition) is 6. The first-order chi connectivity index (χ1) is 15.6. The molecule has 172 valence electrons. The van der Waals surface area contributed by atoms with Crippen LogP contribution in [0.25, 0.3) is 11.0 Å². The van der Waals surface area contributed by atoms with Crippen LogP contribution in [-0.4, -0.2) is 50.0 Å². The van der Waals surface area contributed by atoms with Crippen molar-refractivity contribution < 1.29 is 23.5 Å². The molecule has 0 atom stereocenters. The molecule has 0 fully saturated rings. The summed E-state index contributed by atoms with van der Waals surface area (Å²) in [5, 5.41) is 0.681. The van der Waals surface area contributed by atoms with Gasteiger partial charge in [-0.15, -0.1) is 0 Å². The summed E-state index contributed by atoms with van der Waals surface area (Å²) in [6, 6.07) is 14.3. The van der Waals surface area contributed by atoms with E-state index in [1.54, 1.807) is 30.3 Å². The van der Waals surface area contributed by atoms with Crippen molar-refractivity contribution in [3.8, 4) is 5.75 Å². The van der Waals surface area contributed by atoms with Crippen LogP contribution in [-0.2, 0) is 16.0 Å². The van der Waals surface area contributed by atoms with E-state index in [0.717, 1.165) is 19.6 Å². The smallest absolute Gasteiger partial charge is 0.313 e. The van der Waals surface area contributed by atoms with Crippen molar-refractivity contribution in [1.82, 2.24) is 4.90 Å². The molecule has 6 heteroatoms. The topological polar surface area (TPSA) is 69.0 Å². The van der Waals surface area contributed by atoms with E-state index in [0.29, 0.717) is 40.2 Å². The highest BCUT2D eigenvalue weighted by molar-refractivity contribution is 6.17. The Bertz CT molecular complexity index is 1000. The van der Waals surface area contributed by atoms with Gasteiger partial charge in [-0.1, -0.05) is 45.9 Å². The van der Waals surface area contributed by atoms with Gasteiger partial charge in [0.2, 0.25) is 0 Å². The van der Waals surface area contributed by atoms with Crippen LogP contribution < -0.4 is 4.74 Å². The Morgan fingerprint density at radius 2 is 1.62 bits per heavy atom. The molecule has 0 aliphatic heterocycles. The van der Waals surface area contributed by atoms with Gasteiger partial charge in [-0.25, -0.2) is 0 Å². The monoisotopic (exact) mass is 439 g/mol. The van der Waals surface area contributed by atoms with E-state index in [2.05, 4.69) is 18.7 Å².